The van der Waals surface area contributed by atoms with Crippen molar-refractivity contribution in [1.29, 1.82) is 0 Å². The van der Waals surface area contributed by atoms with Gasteiger partial charge in [0, 0.05) is 0 Å². The zero-order valence-corrected chi connectivity index (χ0v) is 11.4. The van der Waals surface area contributed by atoms with Gasteiger partial charge in [0.2, 0.25) is 0 Å². The van der Waals surface area contributed by atoms with Gasteiger partial charge in [-0.1, -0.05) is 32.3 Å². The largest absolute Gasteiger partial charge is 0.385 e. The van der Waals surface area contributed by atoms with Crippen molar-refractivity contribution in [3.8, 4) is 0 Å². The summed E-state index contributed by atoms with van der Waals surface area (Å²) in [5, 5.41) is 10.3. The first-order chi connectivity index (χ1) is 7.88. The summed E-state index contributed by atoms with van der Waals surface area (Å²) in [4.78, 5) is 12.2. The average molecular weight is 236 g/mol. The highest BCUT2D eigenvalue weighted by molar-refractivity contribution is 6.00. The van der Waals surface area contributed by atoms with Crippen molar-refractivity contribution in [3.63, 3.8) is 0 Å². The average Bonchev–Trinajstić information content (AvgIpc) is 2.26. The van der Waals surface area contributed by atoms with Gasteiger partial charge in [0.15, 0.2) is 5.78 Å². The van der Waals surface area contributed by atoms with E-state index in [-0.39, 0.29) is 17.1 Å². The van der Waals surface area contributed by atoms with Crippen LogP contribution >= 0.6 is 0 Å². The summed E-state index contributed by atoms with van der Waals surface area (Å²) in [6.07, 6.45) is 3.47. The van der Waals surface area contributed by atoms with Crippen LogP contribution in [0.3, 0.4) is 0 Å². The summed E-state index contributed by atoms with van der Waals surface area (Å²) in [5.41, 5.74) is 2.06. The molecule has 0 aromatic heterocycles. The lowest BCUT2D eigenvalue weighted by molar-refractivity contribution is -0.138. The van der Waals surface area contributed by atoms with E-state index in [0.29, 0.717) is 5.92 Å². The normalized spacial score (nSPS) is 42.3. The van der Waals surface area contributed by atoms with Crippen LogP contribution in [0.4, 0.5) is 0 Å². The minimum atomic E-state index is -0.763. The van der Waals surface area contributed by atoms with Crippen LogP contribution in [0.25, 0.3) is 0 Å². The van der Waals surface area contributed by atoms with Gasteiger partial charge in [0.1, 0.15) is 6.10 Å². The maximum absolute atomic E-state index is 12.2. The molecule has 0 spiro atoms. The zero-order chi connectivity index (χ0) is 12.8. The third-order valence-corrected chi connectivity index (χ3v) is 5.23. The number of allylic oxidation sites excluding steroid dienone is 1. The third-order valence-electron chi connectivity index (χ3n) is 5.23. The minimum Gasteiger partial charge on any atom is -0.385 e. The first-order valence-corrected chi connectivity index (χ1v) is 6.76. The number of carbonyl (C=O) groups excluding carboxylic acids is 1. The molecule has 0 heterocycles. The van der Waals surface area contributed by atoms with Gasteiger partial charge < -0.3 is 5.11 Å². The van der Waals surface area contributed by atoms with Crippen molar-refractivity contribution in [2.45, 2.75) is 59.5 Å². The molecule has 0 aromatic carbocycles. The Kier molecular flexibility index (Phi) is 3.19. The topological polar surface area (TPSA) is 37.3 Å². The fourth-order valence-electron chi connectivity index (χ4n) is 3.75. The minimum absolute atomic E-state index is 0.0124. The second-order valence-corrected chi connectivity index (χ2v) is 6.41. The number of hydrogen-bond donors (Lipinski definition) is 1. The molecule has 2 fully saturated rings. The lowest BCUT2D eigenvalue weighted by atomic mass is 9.53. The number of carbonyl (C=O) groups is 1. The number of aliphatic hydroxyl groups excluding tert-OH is 1. The highest BCUT2D eigenvalue weighted by Gasteiger charge is 2.51. The van der Waals surface area contributed by atoms with E-state index in [4.69, 9.17) is 0 Å². The van der Waals surface area contributed by atoms with Crippen LogP contribution < -0.4 is 0 Å². The first-order valence-electron chi connectivity index (χ1n) is 6.76. The molecule has 0 amide bonds. The lowest BCUT2D eigenvalue weighted by Crippen LogP contribution is -2.51. The van der Waals surface area contributed by atoms with Crippen LogP contribution in [0.15, 0.2) is 11.1 Å². The van der Waals surface area contributed by atoms with Gasteiger partial charge in [-0.3, -0.25) is 4.79 Å². The molecule has 0 unspecified atom stereocenters. The molecular weight excluding hydrogens is 212 g/mol. The molecule has 0 saturated heterocycles. The zero-order valence-electron chi connectivity index (χ0n) is 11.4. The number of aliphatic hydroxyl groups is 1. The molecule has 2 aliphatic rings. The fourth-order valence-corrected chi connectivity index (χ4v) is 3.75. The van der Waals surface area contributed by atoms with Crippen LogP contribution in [0.1, 0.15) is 53.4 Å². The molecule has 1 N–H and O–H groups in total. The Morgan fingerprint density at radius 3 is 2.59 bits per heavy atom. The quantitative estimate of drug-likeness (QED) is 0.656. The molecule has 0 aromatic rings. The van der Waals surface area contributed by atoms with E-state index in [1.807, 2.05) is 13.8 Å². The fraction of sp³-hybridized carbons (Fsp3) is 0.800. The molecule has 0 bridgehead atoms. The highest BCUT2D eigenvalue weighted by Crippen LogP contribution is 2.53. The first kappa shape index (κ1) is 12.8. The predicted molar refractivity (Wildman–Crippen MR) is 68.6 cm³/mol. The summed E-state index contributed by atoms with van der Waals surface area (Å²) < 4.78 is 0. The van der Waals surface area contributed by atoms with E-state index in [9.17, 15) is 9.90 Å². The van der Waals surface area contributed by atoms with Gasteiger partial charge in [-0.15, -0.1) is 0 Å². The second kappa shape index (κ2) is 4.24. The van der Waals surface area contributed by atoms with E-state index in [0.717, 1.165) is 30.4 Å². The standard InChI is InChI=1S/C15H24O2/c1-9(2)11-8-15(4)10(3)6-5-7-12(15)14(17)13(11)16/h10,12,14,17H,5-8H2,1-4H3/t10-,12+,14+,15+/m0/s1. The van der Waals surface area contributed by atoms with Gasteiger partial charge in [-0.05, 0) is 49.5 Å². The molecule has 0 radical (unpaired) electrons. The summed E-state index contributed by atoms with van der Waals surface area (Å²) in [6, 6.07) is 0. The molecular formula is C15H24O2. The molecule has 2 aliphatic carbocycles. The Labute approximate surface area is 104 Å². The summed E-state index contributed by atoms with van der Waals surface area (Å²) >= 11 is 0. The molecule has 2 rings (SSSR count). The van der Waals surface area contributed by atoms with E-state index in [1.54, 1.807) is 0 Å². The van der Waals surface area contributed by atoms with Crippen LogP contribution in [0, 0.1) is 17.3 Å². The smallest absolute Gasteiger partial charge is 0.187 e. The summed E-state index contributed by atoms with van der Waals surface area (Å²) in [5.74, 6) is 0.752. The molecule has 17 heavy (non-hydrogen) atoms. The number of rotatable bonds is 0. The van der Waals surface area contributed by atoms with Crippen LogP contribution in [-0.4, -0.2) is 17.0 Å². The van der Waals surface area contributed by atoms with E-state index in [1.165, 1.54) is 6.42 Å². The molecule has 0 aliphatic heterocycles. The molecule has 96 valence electrons. The molecule has 2 nitrogen and oxygen atoms in total. The number of fused-ring (bicyclic) bond motifs is 1. The van der Waals surface area contributed by atoms with Crippen molar-refractivity contribution >= 4 is 5.78 Å². The van der Waals surface area contributed by atoms with Gasteiger partial charge in [0.25, 0.3) is 0 Å². The van der Waals surface area contributed by atoms with E-state index < -0.39 is 6.10 Å². The van der Waals surface area contributed by atoms with Crippen molar-refractivity contribution in [1.82, 2.24) is 0 Å². The van der Waals surface area contributed by atoms with E-state index in [2.05, 4.69) is 13.8 Å². The van der Waals surface area contributed by atoms with Crippen LogP contribution in [0.2, 0.25) is 0 Å². The maximum atomic E-state index is 12.2. The predicted octanol–water partition coefficient (Wildman–Crippen LogP) is 3.10. The van der Waals surface area contributed by atoms with Crippen molar-refractivity contribution in [2.75, 3.05) is 0 Å². The van der Waals surface area contributed by atoms with Crippen LogP contribution in [-0.2, 0) is 4.79 Å². The highest BCUT2D eigenvalue weighted by atomic mass is 16.3. The SMILES string of the molecule is CC(C)=C1C[C@@]2(C)[C@H](CCC[C@@H]2C)[C@@H](O)C1=O. The monoisotopic (exact) mass is 236 g/mol. The Bertz CT molecular complexity index is 365. The summed E-state index contributed by atoms with van der Waals surface area (Å²) in [7, 11) is 0. The molecule has 2 heteroatoms. The van der Waals surface area contributed by atoms with E-state index >= 15 is 0 Å². The van der Waals surface area contributed by atoms with Crippen molar-refractivity contribution in [2.24, 2.45) is 17.3 Å². The maximum Gasteiger partial charge on any atom is 0.187 e. The van der Waals surface area contributed by atoms with Crippen molar-refractivity contribution in [3.05, 3.63) is 11.1 Å². The Balaban J connectivity index is 2.41. The van der Waals surface area contributed by atoms with Gasteiger partial charge in [-0.25, -0.2) is 0 Å². The third kappa shape index (κ3) is 1.87. The Morgan fingerprint density at radius 1 is 1.35 bits per heavy atom. The Hall–Kier alpha value is -0.630. The van der Waals surface area contributed by atoms with Gasteiger partial charge in [0.05, 0.1) is 0 Å². The van der Waals surface area contributed by atoms with Crippen molar-refractivity contribution < 1.29 is 9.90 Å². The lowest BCUT2D eigenvalue weighted by Gasteiger charge is -2.51. The number of ketones is 1. The molecule has 2 saturated carbocycles. The number of Topliss-reactive ketones (excluding diaryl/α,β-unsaturated/α-hetero) is 1. The Morgan fingerprint density at radius 2 is 2.00 bits per heavy atom. The second-order valence-electron chi connectivity index (χ2n) is 6.41. The summed E-state index contributed by atoms with van der Waals surface area (Å²) in [6.45, 7) is 8.51. The van der Waals surface area contributed by atoms with Gasteiger partial charge >= 0.3 is 0 Å². The number of hydrogen-bond acceptors (Lipinski definition) is 2. The molecule has 4 atom stereocenters. The van der Waals surface area contributed by atoms with Gasteiger partial charge in [-0.2, -0.15) is 0 Å². The van der Waals surface area contributed by atoms with Crippen LogP contribution in [0.5, 0.6) is 0 Å².